The first-order valence-corrected chi connectivity index (χ1v) is 13.3. The van der Waals surface area contributed by atoms with Crippen LogP contribution in [0.3, 0.4) is 0 Å². The molecule has 0 unspecified atom stereocenters. The number of esters is 1. The van der Waals surface area contributed by atoms with Crippen LogP contribution in [0.25, 0.3) is 0 Å². The van der Waals surface area contributed by atoms with Crippen LogP contribution >= 0.6 is 0 Å². The molecular formula is C30H32N6O7. The van der Waals surface area contributed by atoms with Gasteiger partial charge in [-0.1, -0.05) is 24.3 Å². The SMILES string of the molecule is CCOc1cc([C@@H]2NC(=O)NC(C)=C2C(=O)OC)ccc1OC[C@@H](O)N/N=C\c1cc(N=Nc2ccccc2)ccc1O. The van der Waals surface area contributed by atoms with Gasteiger partial charge in [-0.15, -0.1) is 0 Å². The Labute approximate surface area is 247 Å². The molecule has 1 aliphatic rings. The van der Waals surface area contributed by atoms with E-state index in [1.165, 1.54) is 19.4 Å². The van der Waals surface area contributed by atoms with Crippen molar-refractivity contribution in [3.63, 3.8) is 0 Å². The van der Waals surface area contributed by atoms with Gasteiger partial charge in [0.1, 0.15) is 12.4 Å². The smallest absolute Gasteiger partial charge is 0.337 e. The Kier molecular flexibility index (Phi) is 10.3. The average Bonchev–Trinajstić information content (AvgIpc) is 3.00. The molecule has 0 bridgehead atoms. The topological polar surface area (TPSA) is 175 Å². The van der Waals surface area contributed by atoms with E-state index in [-0.39, 0.29) is 17.9 Å². The third-order valence-electron chi connectivity index (χ3n) is 6.15. The lowest BCUT2D eigenvalue weighted by atomic mass is 9.95. The number of phenolic OH excluding ortho intramolecular Hbond substituents is 1. The Morgan fingerprint density at radius 3 is 2.56 bits per heavy atom. The van der Waals surface area contributed by atoms with E-state index in [0.717, 1.165) is 0 Å². The van der Waals surface area contributed by atoms with Gasteiger partial charge in [-0.05, 0) is 61.9 Å². The standard InChI is InChI=1S/C30H32N6O7/c1-4-42-25-15-19(28-27(29(39)41-3)18(2)32-30(40)33-28)10-13-24(25)43-17-26(38)36-31-16-20-14-22(11-12-23(20)37)35-34-21-8-6-5-7-9-21/h5-16,26,28,36-38H,4,17H2,1-3H3,(H2,32,33,40)/b31-16-,35-34?/t26-,28+/m1/s1. The number of urea groups is 1. The van der Waals surface area contributed by atoms with E-state index < -0.39 is 24.3 Å². The van der Waals surface area contributed by atoms with Crippen LogP contribution in [0, 0.1) is 0 Å². The number of hydrazone groups is 1. The van der Waals surface area contributed by atoms with Crippen molar-refractivity contribution in [1.82, 2.24) is 16.1 Å². The van der Waals surface area contributed by atoms with E-state index >= 15 is 0 Å². The molecule has 2 amide bonds. The summed E-state index contributed by atoms with van der Waals surface area (Å²) >= 11 is 0. The summed E-state index contributed by atoms with van der Waals surface area (Å²) in [5, 5.41) is 38.2. The second-order valence-electron chi connectivity index (χ2n) is 9.19. The summed E-state index contributed by atoms with van der Waals surface area (Å²) < 4.78 is 16.4. The molecule has 3 aromatic carbocycles. The van der Waals surface area contributed by atoms with Crippen molar-refractivity contribution < 1.29 is 34.0 Å². The highest BCUT2D eigenvalue weighted by Crippen LogP contribution is 2.35. The number of aliphatic hydroxyl groups excluding tert-OH is 1. The lowest BCUT2D eigenvalue weighted by molar-refractivity contribution is -0.136. The molecule has 0 saturated heterocycles. The third-order valence-corrected chi connectivity index (χ3v) is 6.15. The summed E-state index contributed by atoms with van der Waals surface area (Å²) in [6.07, 6.45) is 0.121. The number of hydrogen-bond acceptors (Lipinski definition) is 11. The number of rotatable bonds is 12. The first kappa shape index (κ1) is 30.5. The van der Waals surface area contributed by atoms with Crippen LogP contribution in [0.1, 0.15) is 31.0 Å². The van der Waals surface area contributed by atoms with E-state index in [1.54, 1.807) is 44.2 Å². The van der Waals surface area contributed by atoms with E-state index in [2.05, 4.69) is 31.4 Å². The molecule has 13 nitrogen and oxygen atoms in total. The van der Waals surface area contributed by atoms with Crippen LogP contribution in [0.5, 0.6) is 17.2 Å². The van der Waals surface area contributed by atoms with Gasteiger partial charge in [-0.3, -0.25) is 5.43 Å². The molecule has 43 heavy (non-hydrogen) atoms. The zero-order valence-electron chi connectivity index (χ0n) is 23.8. The number of phenols is 1. The van der Waals surface area contributed by atoms with Gasteiger partial charge in [0.25, 0.3) is 0 Å². The molecule has 4 rings (SSSR count). The zero-order valence-corrected chi connectivity index (χ0v) is 23.8. The molecule has 2 atom stereocenters. The minimum absolute atomic E-state index is 0.0262. The number of aliphatic hydroxyl groups is 1. The normalized spacial score (nSPS) is 15.6. The summed E-state index contributed by atoms with van der Waals surface area (Å²) in [5.74, 6) is 0.0586. The van der Waals surface area contributed by atoms with Gasteiger partial charge in [-0.2, -0.15) is 15.3 Å². The Morgan fingerprint density at radius 1 is 1.05 bits per heavy atom. The number of methoxy groups -OCH3 is 1. The number of aromatic hydroxyl groups is 1. The fourth-order valence-corrected chi connectivity index (χ4v) is 4.13. The summed E-state index contributed by atoms with van der Waals surface area (Å²) in [7, 11) is 1.26. The van der Waals surface area contributed by atoms with Gasteiger partial charge >= 0.3 is 12.0 Å². The molecule has 0 fully saturated rings. The monoisotopic (exact) mass is 588 g/mol. The lowest BCUT2D eigenvalue weighted by Crippen LogP contribution is -2.45. The van der Waals surface area contributed by atoms with E-state index in [1.807, 2.05) is 30.3 Å². The minimum Gasteiger partial charge on any atom is -0.507 e. The highest BCUT2D eigenvalue weighted by molar-refractivity contribution is 5.95. The van der Waals surface area contributed by atoms with E-state index in [0.29, 0.717) is 46.3 Å². The summed E-state index contributed by atoms with van der Waals surface area (Å²) in [4.78, 5) is 24.6. The van der Waals surface area contributed by atoms with Crippen LogP contribution in [0.15, 0.2) is 93.3 Å². The van der Waals surface area contributed by atoms with Crippen molar-refractivity contribution in [3.05, 3.63) is 89.1 Å². The average molecular weight is 589 g/mol. The van der Waals surface area contributed by atoms with Crippen LogP contribution in [0.4, 0.5) is 16.2 Å². The van der Waals surface area contributed by atoms with Crippen LogP contribution < -0.4 is 25.5 Å². The molecule has 0 saturated carbocycles. The van der Waals surface area contributed by atoms with Crippen molar-refractivity contribution in [2.24, 2.45) is 15.3 Å². The Bertz CT molecular complexity index is 1540. The number of hydrogen-bond donors (Lipinski definition) is 5. The van der Waals surface area contributed by atoms with Gasteiger partial charge in [0.15, 0.2) is 17.7 Å². The highest BCUT2D eigenvalue weighted by atomic mass is 16.5. The molecule has 1 heterocycles. The second-order valence-corrected chi connectivity index (χ2v) is 9.19. The van der Waals surface area contributed by atoms with Crippen molar-refractivity contribution in [2.75, 3.05) is 20.3 Å². The molecular weight excluding hydrogens is 556 g/mol. The van der Waals surface area contributed by atoms with Crippen molar-refractivity contribution >= 4 is 29.6 Å². The Morgan fingerprint density at radius 2 is 1.81 bits per heavy atom. The number of nitrogens with one attached hydrogen (secondary N) is 3. The van der Waals surface area contributed by atoms with Crippen LogP contribution in [-0.2, 0) is 9.53 Å². The number of benzene rings is 3. The number of ether oxygens (including phenoxy) is 3. The predicted octanol–water partition coefficient (Wildman–Crippen LogP) is 4.33. The lowest BCUT2D eigenvalue weighted by Gasteiger charge is -2.28. The van der Waals surface area contributed by atoms with Gasteiger partial charge in [0.05, 0.1) is 42.9 Å². The first-order chi connectivity index (χ1) is 20.8. The highest BCUT2D eigenvalue weighted by Gasteiger charge is 2.32. The van der Waals surface area contributed by atoms with E-state index in [9.17, 15) is 19.8 Å². The number of carbonyl (C=O) groups is 2. The van der Waals surface area contributed by atoms with E-state index in [4.69, 9.17) is 14.2 Å². The molecule has 0 spiro atoms. The molecule has 224 valence electrons. The maximum absolute atomic E-state index is 12.4. The van der Waals surface area contributed by atoms with Crippen molar-refractivity contribution in [2.45, 2.75) is 26.1 Å². The molecule has 0 radical (unpaired) electrons. The molecule has 5 N–H and O–H groups in total. The first-order valence-electron chi connectivity index (χ1n) is 13.3. The fourth-order valence-electron chi connectivity index (χ4n) is 4.13. The van der Waals surface area contributed by atoms with Gasteiger partial charge in [0.2, 0.25) is 0 Å². The molecule has 13 heteroatoms. The molecule has 3 aromatic rings. The van der Waals surface area contributed by atoms with Gasteiger partial charge in [0, 0.05) is 11.3 Å². The van der Waals surface area contributed by atoms with Crippen molar-refractivity contribution in [1.29, 1.82) is 0 Å². The van der Waals surface area contributed by atoms with Crippen LogP contribution in [0.2, 0.25) is 0 Å². The summed E-state index contributed by atoms with van der Waals surface area (Å²) in [6, 6.07) is 17.6. The number of amides is 2. The minimum atomic E-state index is -1.21. The molecule has 0 aromatic heterocycles. The number of nitrogens with zero attached hydrogens (tertiary/aromatic N) is 3. The Hall–Kier alpha value is -5.43. The van der Waals surface area contributed by atoms with Crippen molar-refractivity contribution in [3.8, 4) is 17.2 Å². The maximum Gasteiger partial charge on any atom is 0.337 e. The fraction of sp³-hybridized carbons (Fsp3) is 0.233. The van der Waals surface area contributed by atoms with Gasteiger partial charge in [-0.25, -0.2) is 9.59 Å². The number of azo groups is 1. The third kappa shape index (κ3) is 8.07. The molecule has 0 aliphatic carbocycles. The quantitative estimate of drug-likeness (QED) is 0.0683. The van der Waals surface area contributed by atoms with Crippen LogP contribution in [-0.4, -0.2) is 55.0 Å². The summed E-state index contributed by atoms with van der Waals surface area (Å²) in [5.41, 5.74) is 5.30. The number of carbonyl (C=O) groups excluding carboxylic acids is 2. The maximum atomic E-state index is 12.4. The predicted molar refractivity (Wildman–Crippen MR) is 158 cm³/mol. The number of allylic oxidation sites excluding steroid dienone is 1. The van der Waals surface area contributed by atoms with Gasteiger partial charge < -0.3 is 35.1 Å². The summed E-state index contributed by atoms with van der Waals surface area (Å²) in [6.45, 7) is 3.52. The second kappa shape index (κ2) is 14.5. The Balaban J connectivity index is 1.40. The largest absolute Gasteiger partial charge is 0.507 e. The molecule has 1 aliphatic heterocycles. The zero-order chi connectivity index (χ0) is 30.8.